The summed E-state index contributed by atoms with van der Waals surface area (Å²) in [6.07, 6.45) is 3.92. The molecule has 0 spiro atoms. The predicted molar refractivity (Wildman–Crippen MR) is 86.1 cm³/mol. The highest BCUT2D eigenvalue weighted by atomic mass is 15.1. The zero-order valence-corrected chi connectivity index (χ0v) is 12.4. The molecular formula is C17H23N3. The number of rotatable bonds is 5. The van der Waals surface area contributed by atoms with E-state index in [0.717, 1.165) is 35.8 Å². The summed E-state index contributed by atoms with van der Waals surface area (Å²) in [5.74, 6) is 0.881. The topological polar surface area (TPSA) is 42.2 Å². The van der Waals surface area contributed by atoms with Crippen LogP contribution in [0.3, 0.4) is 0 Å². The van der Waals surface area contributed by atoms with Crippen molar-refractivity contribution < 1.29 is 0 Å². The van der Waals surface area contributed by atoms with Crippen molar-refractivity contribution in [1.29, 1.82) is 0 Å². The monoisotopic (exact) mass is 269 g/mol. The van der Waals surface area contributed by atoms with Gasteiger partial charge in [0, 0.05) is 35.5 Å². The van der Waals surface area contributed by atoms with E-state index in [9.17, 15) is 0 Å². The molecule has 0 atom stereocenters. The first kappa shape index (κ1) is 13.2. The lowest BCUT2D eigenvalue weighted by atomic mass is 10.1. The smallest absolute Gasteiger partial charge is 0.0727 e. The van der Waals surface area contributed by atoms with Crippen LogP contribution in [0.1, 0.15) is 31.9 Å². The summed E-state index contributed by atoms with van der Waals surface area (Å²) < 4.78 is 0. The number of hydrogen-bond acceptors (Lipinski definition) is 3. The zero-order valence-electron chi connectivity index (χ0n) is 12.4. The average Bonchev–Trinajstić information content (AvgIpc) is 3.22. The van der Waals surface area contributed by atoms with Crippen molar-refractivity contribution in [3.63, 3.8) is 0 Å². The molecule has 1 aromatic carbocycles. The highest BCUT2D eigenvalue weighted by Crippen LogP contribution is 2.34. The molecule has 0 bridgehead atoms. The fourth-order valence-corrected chi connectivity index (χ4v) is 2.81. The van der Waals surface area contributed by atoms with E-state index in [4.69, 9.17) is 5.73 Å². The van der Waals surface area contributed by atoms with Crippen LogP contribution in [0.2, 0.25) is 0 Å². The number of nitrogen functional groups attached to an aromatic ring is 1. The van der Waals surface area contributed by atoms with Gasteiger partial charge in [-0.2, -0.15) is 0 Å². The van der Waals surface area contributed by atoms with Gasteiger partial charge in [-0.1, -0.05) is 6.92 Å². The number of aryl methyl sites for hydroxylation is 1. The molecule has 1 heterocycles. The fraction of sp³-hybridized carbons (Fsp3) is 0.471. The molecular weight excluding hydrogens is 246 g/mol. The minimum Gasteiger partial charge on any atom is -0.399 e. The molecule has 20 heavy (non-hydrogen) atoms. The van der Waals surface area contributed by atoms with Gasteiger partial charge in [0.25, 0.3) is 0 Å². The fourth-order valence-electron chi connectivity index (χ4n) is 2.81. The average molecular weight is 269 g/mol. The van der Waals surface area contributed by atoms with Crippen LogP contribution < -0.4 is 10.6 Å². The van der Waals surface area contributed by atoms with E-state index in [1.165, 1.54) is 30.5 Å². The Morgan fingerprint density at radius 2 is 2.10 bits per heavy atom. The molecule has 1 fully saturated rings. The number of benzene rings is 1. The van der Waals surface area contributed by atoms with Gasteiger partial charge in [-0.25, -0.2) is 0 Å². The summed E-state index contributed by atoms with van der Waals surface area (Å²) in [5.41, 5.74) is 10.2. The van der Waals surface area contributed by atoms with Crippen molar-refractivity contribution in [3.8, 4) is 0 Å². The van der Waals surface area contributed by atoms with E-state index in [1.54, 1.807) is 0 Å². The van der Waals surface area contributed by atoms with Crippen LogP contribution >= 0.6 is 0 Å². The summed E-state index contributed by atoms with van der Waals surface area (Å²) in [7, 11) is 0. The van der Waals surface area contributed by atoms with Crippen LogP contribution in [0.15, 0.2) is 24.3 Å². The molecule has 1 aliphatic carbocycles. The van der Waals surface area contributed by atoms with Gasteiger partial charge in [-0.05, 0) is 56.4 Å². The van der Waals surface area contributed by atoms with Crippen LogP contribution in [-0.4, -0.2) is 18.1 Å². The van der Waals surface area contributed by atoms with Gasteiger partial charge in [-0.15, -0.1) is 0 Å². The van der Waals surface area contributed by atoms with E-state index in [0.29, 0.717) is 0 Å². The van der Waals surface area contributed by atoms with Crippen LogP contribution in [0.4, 0.5) is 11.4 Å². The normalized spacial score (nSPS) is 14.7. The molecule has 0 unspecified atom stereocenters. The van der Waals surface area contributed by atoms with Gasteiger partial charge < -0.3 is 10.6 Å². The standard InChI is InChI=1S/C17H23N3/c1-3-8-20(11-13-4-5-13)17-9-12(2)19-16-7-6-14(18)10-15(16)17/h6-7,9-10,13H,3-5,8,11,18H2,1-2H3. The van der Waals surface area contributed by atoms with Gasteiger partial charge in [0.15, 0.2) is 0 Å². The molecule has 2 aromatic rings. The Morgan fingerprint density at radius 1 is 1.30 bits per heavy atom. The Hall–Kier alpha value is -1.77. The lowest BCUT2D eigenvalue weighted by Gasteiger charge is -2.26. The summed E-state index contributed by atoms with van der Waals surface area (Å²) >= 11 is 0. The lowest BCUT2D eigenvalue weighted by molar-refractivity contribution is 0.709. The lowest BCUT2D eigenvalue weighted by Crippen LogP contribution is -2.27. The summed E-state index contributed by atoms with van der Waals surface area (Å²) in [6.45, 7) is 6.58. The maximum atomic E-state index is 5.97. The van der Waals surface area contributed by atoms with Gasteiger partial charge in [-0.3, -0.25) is 4.98 Å². The first-order valence-electron chi connectivity index (χ1n) is 7.59. The number of nitrogens with zero attached hydrogens (tertiary/aromatic N) is 2. The van der Waals surface area contributed by atoms with E-state index < -0.39 is 0 Å². The SMILES string of the molecule is CCCN(CC1CC1)c1cc(C)nc2ccc(N)cc12. The molecule has 1 saturated carbocycles. The molecule has 2 N–H and O–H groups in total. The van der Waals surface area contributed by atoms with Gasteiger partial charge in [0.05, 0.1) is 5.52 Å². The summed E-state index contributed by atoms with van der Waals surface area (Å²) in [6, 6.07) is 8.23. The maximum absolute atomic E-state index is 5.97. The zero-order chi connectivity index (χ0) is 14.1. The highest BCUT2D eigenvalue weighted by molar-refractivity contribution is 5.94. The Balaban J connectivity index is 2.08. The van der Waals surface area contributed by atoms with Crippen LogP contribution in [0.25, 0.3) is 10.9 Å². The van der Waals surface area contributed by atoms with E-state index >= 15 is 0 Å². The van der Waals surface area contributed by atoms with Crippen LogP contribution in [0, 0.1) is 12.8 Å². The molecule has 1 aliphatic rings. The molecule has 3 rings (SSSR count). The number of aromatic nitrogens is 1. The van der Waals surface area contributed by atoms with Crippen LogP contribution in [0.5, 0.6) is 0 Å². The number of nitrogens with two attached hydrogens (primary N) is 1. The molecule has 0 radical (unpaired) electrons. The second kappa shape index (κ2) is 5.31. The molecule has 1 aromatic heterocycles. The highest BCUT2D eigenvalue weighted by Gasteiger charge is 2.25. The summed E-state index contributed by atoms with van der Waals surface area (Å²) in [5, 5.41) is 1.18. The van der Waals surface area contributed by atoms with E-state index in [-0.39, 0.29) is 0 Å². The Morgan fingerprint density at radius 3 is 2.80 bits per heavy atom. The number of hydrogen-bond donors (Lipinski definition) is 1. The number of fused-ring (bicyclic) bond motifs is 1. The Kier molecular flexibility index (Phi) is 3.51. The largest absolute Gasteiger partial charge is 0.399 e. The van der Waals surface area contributed by atoms with Crippen molar-refractivity contribution in [2.24, 2.45) is 5.92 Å². The van der Waals surface area contributed by atoms with Crippen molar-refractivity contribution in [2.75, 3.05) is 23.7 Å². The third-order valence-corrected chi connectivity index (χ3v) is 3.95. The minimum atomic E-state index is 0.812. The second-order valence-electron chi connectivity index (χ2n) is 5.95. The van der Waals surface area contributed by atoms with Crippen molar-refractivity contribution in [1.82, 2.24) is 4.98 Å². The third-order valence-electron chi connectivity index (χ3n) is 3.95. The number of anilines is 2. The Bertz CT molecular complexity index is 617. The van der Waals surface area contributed by atoms with E-state index in [2.05, 4.69) is 35.9 Å². The molecule has 3 heteroatoms. The number of pyridine rings is 1. The van der Waals surface area contributed by atoms with Crippen LogP contribution in [-0.2, 0) is 0 Å². The quantitative estimate of drug-likeness (QED) is 0.840. The molecule has 0 aliphatic heterocycles. The third kappa shape index (κ3) is 2.72. The second-order valence-corrected chi connectivity index (χ2v) is 5.95. The van der Waals surface area contributed by atoms with Gasteiger partial charge >= 0.3 is 0 Å². The molecule has 0 amide bonds. The van der Waals surface area contributed by atoms with Crippen molar-refractivity contribution >= 4 is 22.3 Å². The maximum Gasteiger partial charge on any atom is 0.0727 e. The summed E-state index contributed by atoms with van der Waals surface area (Å²) in [4.78, 5) is 7.15. The van der Waals surface area contributed by atoms with Crippen molar-refractivity contribution in [2.45, 2.75) is 33.1 Å². The minimum absolute atomic E-state index is 0.812. The molecule has 3 nitrogen and oxygen atoms in total. The van der Waals surface area contributed by atoms with Crippen molar-refractivity contribution in [3.05, 3.63) is 30.0 Å². The molecule has 0 saturated heterocycles. The van der Waals surface area contributed by atoms with E-state index in [1.807, 2.05) is 12.1 Å². The van der Waals surface area contributed by atoms with Gasteiger partial charge in [0.1, 0.15) is 0 Å². The first-order valence-corrected chi connectivity index (χ1v) is 7.59. The first-order chi connectivity index (χ1) is 9.67. The predicted octanol–water partition coefficient (Wildman–Crippen LogP) is 3.75. The Labute approximate surface area is 120 Å². The molecule has 106 valence electrons. The van der Waals surface area contributed by atoms with Gasteiger partial charge in [0.2, 0.25) is 0 Å².